The van der Waals surface area contributed by atoms with Crippen LogP contribution in [0, 0.1) is 0 Å². The minimum absolute atomic E-state index is 0.0927. The summed E-state index contributed by atoms with van der Waals surface area (Å²) in [6.07, 6.45) is 0.572. The van der Waals surface area contributed by atoms with E-state index in [9.17, 15) is 0 Å². The fourth-order valence-corrected chi connectivity index (χ4v) is 1.21. The van der Waals surface area contributed by atoms with E-state index in [1.165, 1.54) is 0 Å². The first-order valence-corrected chi connectivity index (χ1v) is 4.38. The largest absolute Gasteiger partial charge is 0.393 e. The van der Waals surface area contributed by atoms with Crippen LogP contribution in [0.25, 0.3) is 0 Å². The van der Waals surface area contributed by atoms with Crippen LogP contribution in [0.3, 0.4) is 0 Å². The highest BCUT2D eigenvalue weighted by Gasteiger charge is 2.10. The van der Waals surface area contributed by atoms with E-state index >= 15 is 0 Å². The first-order chi connectivity index (χ1) is 5.56. The fourth-order valence-electron chi connectivity index (χ4n) is 1.21. The molecule has 0 aliphatic rings. The van der Waals surface area contributed by atoms with E-state index in [2.05, 4.69) is 0 Å². The van der Waals surface area contributed by atoms with Crippen molar-refractivity contribution in [2.24, 2.45) is 0 Å². The highest BCUT2D eigenvalue weighted by Crippen LogP contribution is 2.05. The van der Waals surface area contributed by atoms with E-state index in [1.54, 1.807) is 14.0 Å². The van der Waals surface area contributed by atoms with Crippen LogP contribution in [0.1, 0.15) is 27.2 Å². The van der Waals surface area contributed by atoms with Gasteiger partial charge in [0.05, 0.1) is 24.9 Å². The van der Waals surface area contributed by atoms with E-state index in [1.807, 2.05) is 13.8 Å². The monoisotopic (exact) mass is 176 g/mol. The van der Waals surface area contributed by atoms with Gasteiger partial charge in [0.1, 0.15) is 0 Å². The zero-order chi connectivity index (χ0) is 9.56. The summed E-state index contributed by atoms with van der Waals surface area (Å²) in [5, 5.41) is 9.05. The number of aliphatic hydroxyl groups excluding tert-OH is 1. The zero-order valence-corrected chi connectivity index (χ0v) is 8.41. The topological polar surface area (TPSA) is 38.7 Å². The predicted molar refractivity (Wildman–Crippen MR) is 48.2 cm³/mol. The van der Waals surface area contributed by atoms with Crippen LogP contribution in [-0.4, -0.2) is 37.1 Å². The SMILES string of the molecule is COCC(C)OC(C)CC(C)O. The molecule has 0 aromatic heterocycles. The summed E-state index contributed by atoms with van der Waals surface area (Å²) in [7, 11) is 1.65. The minimum atomic E-state index is -0.297. The molecule has 3 heteroatoms. The minimum Gasteiger partial charge on any atom is -0.393 e. The average molecular weight is 176 g/mol. The maximum Gasteiger partial charge on any atom is 0.0783 e. The molecule has 0 aliphatic heterocycles. The number of rotatable bonds is 6. The van der Waals surface area contributed by atoms with Gasteiger partial charge >= 0.3 is 0 Å². The summed E-state index contributed by atoms with van der Waals surface area (Å²) in [6.45, 7) is 6.28. The summed E-state index contributed by atoms with van der Waals surface area (Å²) < 4.78 is 10.4. The fraction of sp³-hybridized carbons (Fsp3) is 1.00. The van der Waals surface area contributed by atoms with Gasteiger partial charge in [-0.25, -0.2) is 0 Å². The van der Waals surface area contributed by atoms with E-state index < -0.39 is 0 Å². The lowest BCUT2D eigenvalue weighted by Gasteiger charge is -2.19. The molecule has 0 heterocycles. The highest BCUT2D eigenvalue weighted by atomic mass is 16.5. The number of hydrogen-bond acceptors (Lipinski definition) is 3. The molecular weight excluding hydrogens is 156 g/mol. The second kappa shape index (κ2) is 6.40. The molecule has 0 fully saturated rings. The van der Waals surface area contributed by atoms with Gasteiger partial charge < -0.3 is 14.6 Å². The van der Waals surface area contributed by atoms with Crippen molar-refractivity contribution < 1.29 is 14.6 Å². The molecule has 0 aliphatic carbocycles. The summed E-state index contributed by atoms with van der Waals surface area (Å²) in [6, 6.07) is 0. The Labute approximate surface area is 74.7 Å². The van der Waals surface area contributed by atoms with Crippen molar-refractivity contribution >= 4 is 0 Å². The number of hydrogen-bond donors (Lipinski definition) is 1. The predicted octanol–water partition coefficient (Wildman–Crippen LogP) is 1.20. The molecule has 74 valence electrons. The number of ether oxygens (including phenoxy) is 2. The molecule has 0 spiro atoms. The van der Waals surface area contributed by atoms with E-state index in [0.717, 1.165) is 0 Å². The molecule has 0 aromatic rings. The second-order valence-corrected chi connectivity index (χ2v) is 3.30. The van der Waals surface area contributed by atoms with Crippen molar-refractivity contribution in [2.45, 2.75) is 45.5 Å². The molecule has 1 N–H and O–H groups in total. The molecule has 0 aromatic carbocycles. The number of methoxy groups -OCH3 is 1. The Bertz CT molecular complexity index is 104. The molecule has 3 nitrogen and oxygen atoms in total. The molecule has 0 saturated heterocycles. The van der Waals surface area contributed by atoms with Crippen molar-refractivity contribution in [3.8, 4) is 0 Å². The van der Waals surface area contributed by atoms with Gasteiger partial charge in [-0.15, -0.1) is 0 Å². The molecule has 0 saturated carbocycles. The number of aliphatic hydroxyl groups is 1. The maximum absolute atomic E-state index is 9.05. The first kappa shape index (κ1) is 11.9. The maximum atomic E-state index is 9.05. The van der Waals surface area contributed by atoms with Crippen LogP contribution < -0.4 is 0 Å². The van der Waals surface area contributed by atoms with Gasteiger partial charge in [0.15, 0.2) is 0 Å². The molecular formula is C9H20O3. The quantitative estimate of drug-likeness (QED) is 0.661. The third kappa shape index (κ3) is 6.58. The highest BCUT2D eigenvalue weighted by molar-refractivity contribution is 4.58. The van der Waals surface area contributed by atoms with Gasteiger partial charge in [0, 0.05) is 7.11 Å². The van der Waals surface area contributed by atoms with Gasteiger partial charge in [-0.1, -0.05) is 0 Å². The van der Waals surface area contributed by atoms with Gasteiger partial charge in [-0.05, 0) is 27.2 Å². The van der Waals surface area contributed by atoms with Crippen molar-refractivity contribution in [3.63, 3.8) is 0 Å². The third-order valence-corrected chi connectivity index (χ3v) is 1.54. The van der Waals surface area contributed by atoms with Crippen LogP contribution in [0.5, 0.6) is 0 Å². The standard InChI is InChI=1S/C9H20O3/c1-7(10)5-8(2)12-9(3)6-11-4/h7-10H,5-6H2,1-4H3. The Morgan fingerprint density at radius 3 is 2.17 bits per heavy atom. The summed E-state index contributed by atoms with van der Waals surface area (Å²) >= 11 is 0. The Morgan fingerprint density at radius 2 is 1.75 bits per heavy atom. The molecule has 3 unspecified atom stereocenters. The zero-order valence-electron chi connectivity index (χ0n) is 8.41. The second-order valence-electron chi connectivity index (χ2n) is 3.30. The lowest BCUT2D eigenvalue weighted by molar-refractivity contribution is -0.0460. The van der Waals surface area contributed by atoms with E-state index in [-0.39, 0.29) is 18.3 Å². The van der Waals surface area contributed by atoms with Gasteiger partial charge in [0.25, 0.3) is 0 Å². The summed E-state index contributed by atoms with van der Waals surface area (Å²) in [5.74, 6) is 0. The normalized spacial score (nSPS) is 18.8. The van der Waals surface area contributed by atoms with Gasteiger partial charge in [0.2, 0.25) is 0 Å². The van der Waals surface area contributed by atoms with Crippen LogP contribution in [0.4, 0.5) is 0 Å². The molecule has 0 rings (SSSR count). The van der Waals surface area contributed by atoms with Gasteiger partial charge in [-0.3, -0.25) is 0 Å². The Hall–Kier alpha value is -0.120. The molecule has 0 amide bonds. The van der Waals surface area contributed by atoms with Crippen molar-refractivity contribution in [1.82, 2.24) is 0 Å². The van der Waals surface area contributed by atoms with E-state index in [0.29, 0.717) is 13.0 Å². The smallest absolute Gasteiger partial charge is 0.0783 e. The van der Waals surface area contributed by atoms with Crippen LogP contribution in [0.15, 0.2) is 0 Å². The Balaban J connectivity index is 3.46. The van der Waals surface area contributed by atoms with Crippen LogP contribution in [0.2, 0.25) is 0 Å². The Morgan fingerprint density at radius 1 is 1.17 bits per heavy atom. The summed E-state index contributed by atoms with van der Waals surface area (Å²) in [4.78, 5) is 0. The first-order valence-electron chi connectivity index (χ1n) is 4.38. The van der Waals surface area contributed by atoms with Crippen molar-refractivity contribution in [2.75, 3.05) is 13.7 Å². The third-order valence-electron chi connectivity index (χ3n) is 1.54. The Kier molecular flexibility index (Phi) is 6.34. The van der Waals surface area contributed by atoms with Crippen LogP contribution in [-0.2, 0) is 9.47 Å². The van der Waals surface area contributed by atoms with Crippen molar-refractivity contribution in [1.29, 1.82) is 0 Å². The molecule has 3 atom stereocenters. The lowest BCUT2D eigenvalue weighted by Crippen LogP contribution is -2.24. The molecule has 0 radical (unpaired) electrons. The average Bonchev–Trinajstić information content (AvgIpc) is 1.84. The van der Waals surface area contributed by atoms with E-state index in [4.69, 9.17) is 14.6 Å². The molecule has 0 bridgehead atoms. The lowest BCUT2D eigenvalue weighted by atomic mass is 10.2. The van der Waals surface area contributed by atoms with Crippen molar-refractivity contribution in [3.05, 3.63) is 0 Å². The summed E-state index contributed by atoms with van der Waals surface area (Å²) in [5.41, 5.74) is 0. The van der Waals surface area contributed by atoms with Crippen LogP contribution >= 0.6 is 0 Å². The molecule has 12 heavy (non-hydrogen) atoms. The van der Waals surface area contributed by atoms with Gasteiger partial charge in [-0.2, -0.15) is 0 Å².